The van der Waals surface area contributed by atoms with E-state index in [1.54, 1.807) is 24.3 Å². The molecule has 0 N–H and O–H groups in total. The fraction of sp³-hybridized carbons (Fsp3) is 0.100. The van der Waals surface area contributed by atoms with E-state index in [2.05, 4.69) is 0 Å². The maximum atomic E-state index is 10.5. The Morgan fingerprint density at radius 3 is 2.79 bits per heavy atom. The Labute approximate surface area is 92.1 Å². The van der Waals surface area contributed by atoms with Crippen LogP contribution in [0.3, 0.4) is 0 Å². The molecule has 1 aromatic carbocycles. The van der Waals surface area contributed by atoms with Crippen molar-refractivity contribution in [2.45, 2.75) is 0 Å². The fourth-order valence-electron chi connectivity index (χ4n) is 0.969. The Balaban J connectivity index is 3.03. The van der Waals surface area contributed by atoms with E-state index >= 15 is 0 Å². The van der Waals surface area contributed by atoms with Crippen molar-refractivity contribution >= 4 is 34.5 Å². The summed E-state index contributed by atoms with van der Waals surface area (Å²) in [5, 5.41) is -0.0759. The standard InChI is InChI=1S/C10H8Cl2O2/c1-14-8-4-2-3-7(10(8)12)5-6-9(11)13/h2-6H,1H3/b6-5+. The second-order valence-corrected chi connectivity index (χ2v) is 3.25. The number of rotatable bonds is 3. The first kappa shape index (κ1) is 11.1. The van der Waals surface area contributed by atoms with Gasteiger partial charge in [0, 0.05) is 0 Å². The van der Waals surface area contributed by atoms with Crippen LogP contribution in [0.4, 0.5) is 0 Å². The zero-order valence-electron chi connectivity index (χ0n) is 7.46. The lowest BCUT2D eigenvalue weighted by atomic mass is 10.2. The smallest absolute Gasteiger partial charge is 0.245 e. The van der Waals surface area contributed by atoms with Gasteiger partial charge in [-0.15, -0.1) is 0 Å². The Kier molecular flexibility index (Phi) is 3.98. The normalized spacial score (nSPS) is 10.5. The van der Waals surface area contributed by atoms with Crippen LogP contribution in [0.15, 0.2) is 24.3 Å². The molecular weight excluding hydrogens is 223 g/mol. The quantitative estimate of drug-likeness (QED) is 0.590. The number of hydrogen-bond acceptors (Lipinski definition) is 2. The molecule has 0 atom stereocenters. The van der Waals surface area contributed by atoms with Crippen LogP contribution in [-0.4, -0.2) is 12.4 Å². The third-order valence-corrected chi connectivity index (χ3v) is 2.14. The van der Waals surface area contributed by atoms with Crippen LogP contribution >= 0.6 is 23.2 Å². The molecule has 0 saturated carbocycles. The SMILES string of the molecule is COc1cccc(/C=C/C(=O)Cl)c1Cl. The minimum atomic E-state index is -0.538. The number of ether oxygens (including phenoxy) is 1. The van der Waals surface area contributed by atoms with Gasteiger partial charge in [-0.1, -0.05) is 23.7 Å². The highest BCUT2D eigenvalue weighted by atomic mass is 35.5. The molecule has 2 nitrogen and oxygen atoms in total. The molecular formula is C10H8Cl2O2. The maximum absolute atomic E-state index is 10.5. The van der Waals surface area contributed by atoms with Crippen molar-refractivity contribution in [3.05, 3.63) is 34.9 Å². The van der Waals surface area contributed by atoms with Crippen molar-refractivity contribution in [3.8, 4) is 5.75 Å². The number of halogens is 2. The summed E-state index contributed by atoms with van der Waals surface area (Å²) in [4.78, 5) is 10.5. The zero-order valence-corrected chi connectivity index (χ0v) is 8.97. The van der Waals surface area contributed by atoms with E-state index in [9.17, 15) is 4.79 Å². The van der Waals surface area contributed by atoms with E-state index in [4.69, 9.17) is 27.9 Å². The van der Waals surface area contributed by atoms with Gasteiger partial charge < -0.3 is 4.74 Å². The molecule has 0 aromatic heterocycles. The summed E-state index contributed by atoms with van der Waals surface area (Å²) in [6.45, 7) is 0. The molecule has 0 amide bonds. The Bertz CT molecular complexity index is 372. The van der Waals surface area contributed by atoms with Gasteiger partial charge in [-0.2, -0.15) is 0 Å². The van der Waals surface area contributed by atoms with Crippen LogP contribution in [-0.2, 0) is 4.79 Å². The van der Waals surface area contributed by atoms with Gasteiger partial charge in [0.2, 0.25) is 5.24 Å². The van der Waals surface area contributed by atoms with Crippen molar-refractivity contribution < 1.29 is 9.53 Å². The fourth-order valence-corrected chi connectivity index (χ4v) is 1.30. The molecule has 4 heteroatoms. The second kappa shape index (κ2) is 5.03. The minimum absolute atomic E-state index is 0.462. The lowest BCUT2D eigenvalue weighted by Crippen LogP contribution is -1.86. The highest BCUT2D eigenvalue weighted by molar-refractivity contribution is 6.66. The van der Waals surface area contributed by atoms with Crippen LogP contribution in [0.1, 0.15) is 5.56 Å². The summed E-state index contributed by atoms with van der Waals surface area (Å²) in [5.74, 6) is 0.566. The topological polar surface area (TPSA) is 26.3 Å². The first-order valence-corrected chi connectivity index (χ1v) is 4.61. The van der Waals surface area contributed by atoms with Crippen LogP contribution in [0.2, 0.25) is 5.02 Å². The molecule has 0 fully saturated rings. The Hall–Kier alpha value is -0.990. The van der Waals surface area contributed by atoms with Crippen molar-refractivity contribution in [2.24, 2.45) is 0 Å². The second-order valence-electron chi connectivity index (χ2n) is 2.50. The predicted octanol–water partition coefficient (Wildman–Crippen LogP) is 3.13. The summed E-state index contributed by atoms with van der Waals surface area (Å²) >= 11 is 11.1. The van der Waals surface area contributed by atoms with Gasteiger partial charge in [-0.25, -0.2) is 0 Å². The molecule has 0 aliphatic carbocycles. The molecule has 0 bridgehead atoms. The highest BCUT2D eigenvalue weighted by Crippen LogP contribution is 2.28. The summed E-state index contributed by atoms with van der Waals surface area (Å²) in [7, 11) is 1.53. The summed E-state index contributed by atoms with van der Waals surface area (Å²) < 4.78 is 5.01. The number of carbonyl (C=O) groups is 1. The van der Waals surface area contributed by atoms with Crippen molar-refractivity contribution in [2.75, 3.05) is 7.11 Å². The molecule has 0 saturated heterocycles. The Morgan fingerprint density at radius 1 is 1.50 bits per heavy atom. The number of benzene rings is 1. The lowest BCUT2D eigenvalue weighted by molar-refractivity contribution is -0.107. The molecule has 0 aliphatic heterocycles. The van der Waals surface area contributed by atoms with Crippen LogP contribution in [0.25, 0.3) is 6.08 Å². The first-order valence-electron chi connectivity index (χ1n) is 3.85. The lowest BCUT2D eigenvalue weighted by Gasteiger charge is -2.04. The van der Waals surface area contributed by atoms with Gasteiger partial charge in [0.1, 0.15) is 5.75 Å². The van der Waals surface area contributed by atoms with E-state index < -0.39 is 5.24 Å². The van der Waals surface area contributed by atoms with E-state index in [1.165, 1.54) is 13.2 Å². The van der Waals surface area contributed by atoms with E-state index in [0.717, 1.165) is 0 Å². The largest absolute Gasteiger partial charge is 0.495 e. The summed E-state index contributed by atoms with van der Waals surface area (Å²) in [6.07, 6.45) is 2.78. The monoisotopic (exact) mass is 230 g/mol. The van der Waals surface area contributed by atoms with Crippen molar-refractivity contribution in [3.63, 3.8) is 0 Å². The third-order valence-electron chi connectivity index (χ3n) is 1.61. The Morgan fingerprint density at radius 2 is 2.21 bits per heavy atom. The molecule has 0 spiro atoms. The maximum Gasteiger partial charge on any atom is 0.245 e. The van der Waals surface area contributed by atoms with E-state index in [1.807, 2.05) is 0 Å². The average molecular weight is 231 g/mol. The molecule has 14 heavy (non-hydrogen) atoms. The van der Waals surface area contributed by atoms with Gasteiger partial charge in [0.15, 0.2) is 0 Å². The number of methoxy groups -OCH3 is 1. The molecule has 0 aliphatic rings. The molecule has 0 unspecified atom stereocenters. The molecule has 1 aromatic rings. The molecule has 74 valence electrons. The summed E-state index contributed by atoms with van der Waals surface area (Å²) in [6, 6.07) is 5.28. The van der Waals surface area contributed by atoms with Gasteiger partial charge >= 0.3 is 0 Å². The molecule has 1 rings (SSSR count). The molecule has 0 radical (unpaired) electrons. The number of allylic oxidation sites excluding steroid dienone is 1. The number of hydrogen-bond donors (Lipinski definition) is 0. The van der Waals surface area contributed by atoms with Crippen LogP contribution < -0.4 is 4.74 Å². The molecule has 0 heterocycles. The predicted molar refractivity (Wildman–Crippen MR) is 57.9 cm³/mol. The van der Waals surface area contributed by atoms with E-state index in [0.29, 0.717) is 16.3 Å². The van der Waals surface area contributed by atoms with E-state index in [-0.39, 0.29) is 0 Å². The zero-order chi connectivity index (χ0) is 10.6. The van der Waals surface area contributed by atoms with Crippen LogP contribution in [0, 0.1) is 0 Å². The third kappa shape index (κ3) is 2.76. The first-order chi connectivity index (χ1) is 6.65. The highest BCUT2D eigenvalue weighted by Gasteiger charge is 2.03. The van der Waals surface area contributed by atoms with Crippen molar-refractivity contribution in [1.82, 2.24) is 0 Å². The van der Waals surface area contributed by atoms with Crippen LogP contribution in [0.5, 0.6) is 5.75 Å². The van der Waals surface area contributed by atoms with Crippen molar-refractivity contribution in [1.29, 1.82) is 0 Å². The average Bonchev–Trinajstić information content (AvgIpc) is 2.16. The van der Waals surface area contributed by atoms with Gasteiger partial charge in [-0.3, -0.25) is 4.79 Å². The summed E-state index contributed by atoms with van der Waals surface area (Å²) in [5.41, 5.74) is 0.694. The van der Waals surface area contributed by atoms with Gasteiger partial charge in [0.05, 0.1) is 12.1 Å². The number of carbonyl (C=O) groups excluding carboxylic acids is 1. The van der Waals surface area contributed by atoms with Gasteiger partial charge in [0.25, 0.3) is 0 Å². The van der Waals surface area contributed by atoms with Gasteiger partial charge in [-0.05, 0) is 35.4 Å². The minimum Gasteiger partial charge on any atom is -0.495 e.